The van der Waals surface area contributed by atoms with Gasteiger partial charge in [-0.3, -0.25) is 9.69 Å². The van der Waals surface area contributed by atoms with Crippen LogP contribution in [0.1, 0.15) is 37.7 Å². The first kappa shape index (κ1) is 22.3. The van der Waals surface area contributed by atoms with Crippen molar-refractivity contribution in [3.63, 3.8) is 0 Å². The molecule has 1 aliphatic carbocycles. The van der Waals surface area contributed by atoms with E-state index >= 15 is 4.39 Å². The minimum Gasteiger partial charge on any atom is -0.492 e. The van der Waals surface area contributed by atoms with Gasteiger partial charge in [-0.05, 0) is 19.9 Å². The van der Waals surface area contributed by atoms with E-state index < -0.39 is 29.9 Å². The van der Waals surface area contributed by atoms with Gasteiger partial charge in [-0.25, -0.2) is 4.39 Å². The van der Waals surface area contributed by atoms with Crippen molar-refractivity contribution in [2.45, 2.75) is 43.7 Å². The first-order valence-electron chi connectivity index (χ1n) is 11.0. The molecule has 0 N–H and O–H groups in total. The molecule has 0 atom stereocenters. The van der Waals surface area contributed by atoms with E-state index in [1.165, 1.54) is 12.1 Å². The predicted octanol–water partition coefficient (Wildman–Crippen LogP) is 3.56. The highest BCUT2D eigenvalue weighted by Crippen LogP contribution is 2.52. The highest BCUT2D eigenvalue weighted by molar-refractivity contribution is 6.08. The smallest absolute Gasteiger partial charge is 0.406 e. The van der Waals surface area contributed by atoms with Gasteiger partial charge in [0.15, 0.2) is 0 Å². The van der Waals surface area contributed by atoms with E-state index in [4.69, 9.17) is 4.74 Å². The Bertz CT molecular complexity index is 816. The van der Waals surface area contributed by atoms with E-state index in [0.717, 1.165) is 37.5 Å². The zero-order chi connectivity index (χ0) is 22.2. The molecule has 1 aromatic rings. The molecule has 5 nitrogen and oxygen atoms in total. The lowest BCUT2D eigenvalue weighted by Gasteiger charge is -2.32. The van der Waals surface area contributed by atoms with Gasteiger partial charge in [0.25, 0.3) is 0 Å². The lowest BCUT2D eigenvalue weighted by molar-refractivity contribution is -0.135. The van der Waals surface area contributed by atoms with E-state index in [2.05, 4.69) is 16.8 Å². The largest absolute Gasteiger partial charge is 0.492 e. The summed E-state index contributed by atoms with van der Waals surface area (Å²) in [5.41, 5.74) is -1.05. The molecule has 0 unspecified atom stereocenters. The van der Waals surface area contributed by atoms with Gasteiger partial charge in [-0.2, -0.15) is 13.2 Å². The molecule has 2 fully saturated rings. The molecule has 9 heteroatoms. The van der Waals surface area contributed by atoms with Crippen LogP contribution in [-0.4, -0.2) is 74.8 Å². The van der Waals surface area contributed by atoms with E-state index in [0.29, 0.717) is 38.8 Å². The summed E-state index contributed by atoms with van der Waals surface area (Å²) in [6, 6.07) is 2.64. The number of hydrogen-bond donors (Lipinski definition) is 0. The molecule has 2 aliphatic heterocycles. The number of nitrogens with zero attached hydrogens (tertiary/aromatic N) is 3. The number of piperazine rings is 1. The number of hydrogen-bond acceptors (Lipinski definition) is 4. The summed E-state index contributed by atoms with van der Waals surface area (Å²) in [7, 11) is 2.06. The quantitative estimate of drug-likeness (QED) is 0.652. The van der Waals surface area contributed by atoms with E-state index in [1.807, 2.05) is 0 Å². The van der Waals surface area contributed by atoms with Crippen LogP contribution in [0.4, 0.5) is 23.2 Å². The number of alkyl halides is 3. The molecule has 1 spiro atoms. The summed E-state index contributed by atoms with van der Waals surface area (Å²) >= 11 is 0. The Morgan fingerprint density at radius 1 is 1.06 bits per heavy atom. The van der Waals surface area contributed by atoms with Gasteiger partial charge in [0.1, 0.15) is 24.7 Å². The molecule has 4 rings (SSSR count). The standard InChI is InChI=1S/C22H29F4N3O2/c1-27-7-9-28(10-8-27)11-12-31-16-13-17(23)19-18(14-16)29(15-22(24,25)26)20(30)21(19)5-3-2-4-6-21/h13-14H,2-12,15H2,1H3. The molecule has 1 aromatic carbocycles. The first-order valence-corrected chi connectivity index (χ1v) is 11.0. The molecule has 0 aromatic heterocycles. The maximum Gasteiger partial charge on any atom is 0.406 e. The van der Waals surface area contributed by atoms with Crippen LogP contribution in [0.25, 0.3) is 0 Å². The van der Waals surface area contributed by atoms with Gasteiger partial charge in [0.05, 0.1) is 11.1 Å². The Labute approximate surface area is 179 Å². The molecular weight excluding hydrogens is 414 g/mol. The molecule has 0 radical (unpaired) electrons. The van der Waals surface area contributed by atoms with Crippen molar-refractivity contribution in [2.24, 2.45) is 0 Å². The molecule has 0 bridgehead atoms. The van der Waals surface area contributed by atoms with Crippen LogP contribution >= 0.6 is 0 Å². The summed E-state index contributed by atoms with van der Waals surface area (Å²) in [6.07, 6.45) is -1.50. The average Bonchev–Trinajstić information content (AvgIpc) is 2.92. The highest BCUT2D eigenvalue weighted by Gasteiger charge is 2.54. The summed E-state index contributed by atoms with van der Waals surface area (Å²) in [6.45, 7) is 3.30. The van der Waals surface area contributed by atoms with Crippen molar-refractivity contribution in [1.82, 2.24) is 9.80 Å². The number of carbonyl (C=O) groups is 1. The summed E-state index contributed by atoms with van der Waals surface area (Å²) < 4.78 is 60.7. The Hall–Kier alpha value is -1.87. The minimum absolute atomic E-state index is 0.0128. The fraction of sp³-hybridized carbons (Fsp3) is 0.682. The number of rotatable bonds is 5. The normalized spacial score (nSPS) is 22.2. The van der Waals surface area contributed by atoms with Gasteiger partial charge in [0, 0.05) is 50.4 Å². The lowest BCUT2D eigenvalue weighted by atomic mass is 9.70. The monoisotopic (exact) mass is 443 g/mol. The lowest BCUT2D eigenvalue weighted by Crippen LogP contribution is -2.45. The molecule has 2 heterocycles. The topological polar surface area (TPSA) is 36.0 Å². The fourth-order valence-electron chi connectivity index (χ4n) is 5.13. The van der Waals surface area contributed by atoms with Gasteiger partial charge in [-0.1, -0.05) is 19.3 Å². The van der Waals surface area contributed by atoms with E-state index in [9.17, 15) is 18.0 Å². The Morgan fingerprint density at radius 3 is 2.39 bits per heavy atom. The average molecular weight is 443 g/mol. The zero-order valence-electron chi connectivity index (χ0n) is 17.8. The summed E-state index contributed by atoms with van der Waals surface area (Å²) in [5.74, 6) is -1.11. The van der Waals surface area contributed by atoms with Crippen LogP contribution in [0.5, 0.6) is 5.75 Å². The van der Waals surface area contributed by atoms with E-state index in [1.54, 1.807) is 0 Å². The predicted molar refractivity (Wildman–Crippen MR) is 109 cm³/mol. The van der Waals surface area contributed by atoms with Crippen LogP contribution in [-0.2, 0) is 10.2 Å². The van der Waals surface area contributed by atoms with Crippen LogP contribution in [0.15, 0.2) is 12.1 Å². The Morgan fingerprint density at radius 2 is 1.74 bits per heavy atom. The van der Waals surface area contributed by atoms with E-state index in [-0.39, 0.29) is 17.0 Å². The van der Waals surface area contributed by atoms with Crippen LogP contribution in [0.3, 0.4) is 0 Å². The maximum atomic E-state index is 15.2. The van der Waals surface area contributed by atoms with Gasteiger partial charge < -0.3 is 14.5 Å². The number of carbonyl (C=O) groups excluding carboxylic acids is 1. The van der Waals surface area contributed by atoms with Gasteiger partial charge >= 0.3 is 6.18 Å². The van der Waals surface area contributed by atoms with Crippen molar-refractivity contribution in [3.8, 4) is 5.75 Å². The second-order valence-electron chi connectivity index (χ2n) is 8.94. The number of benzene rings is 1. The van der Waals surface area contributed by atoms with Crippen molar-refractivity contribution in [3.05, 3.63) is 23.5 Å². The van der Waals surface area contributed by atoms with Gasteiger partial charge in [0.2, 0.25) is 5.91 Å². The molecule has 31 heavy (non-hydrogen) atoms. The molecular formula is C22H29F4N3O2. The second-order valence-corrected chi connectivity index (χ2v) is 8.94. The molecule has 172 valence electrons. The van der Waals surface area contributed by atoms with Crippen molar-refractivity contribution in [2.75, 3.05) is 57.8 Å². The summed E-state index contributed by atoms with van der Waals surface area (Å²) in [5, 5.41) is 0. The highest BCUT2D eigenvalue weighted by atomic mass is 19.4. The number of amides is 1. The number of halogens is 4. The van der Waals surface area contributed by atoms with Crippen LogP contribution in [0, 0.1) is 5.82 Å². The van der Waals surface area contributed by atoms with Gasteiger partial charge in [-0.15, -0.1) is 0 Å². The molecule has 1 saturated heterocycles. The Balaban J connectivity index is 1.56. The zero-order valence-corrected chi connectivity index (χ0v) is 17.8. The minimum atomic E-state index is -4.57. The third-order valence-electron chi connectivity index (χ3n) is 6.78. The molecule has 3 aliphatic rings. The Kier molecular flexibility index (Phi) is 6.18. The first-order chi connectivity index (χ1) is 14.7. The summed E-state index contributed by atoms with van der Waals surface area (Å²) in [4.78, 5) is 18.3. The fourth-order valence-corrected chi connectivity index (χ4v) is 5.13. The van der Waals surface area contributed by atoms with Crippen molar-refractivity contribution in [1.29, 1.82) is 0 Å². The number of ether oxygens (including phenoxy) is 1. The van der Waals surface area contributed by atoms with Crippen molar-refractivity contribution >= 4 is 11.6 Å². The maximum absolute atomic E-state index is 15.2. The third kappa shape index (κ3) is 4.53. The van der Waals surface area contributed by atoms with Crippen LogP contribution in [0.2, 0.25) is 0 Å². The number of fused-ring (bicyclic) bond motifs is 2. The number of likely N-dealkylation sites (N-methyl/N-ethyl adjacent to an activating group) is 1. The second kappa shape index (κ2) is 8.58. The third-order valence-corrected chi connectivity index (χ3v) is 6.78. The van der Waals surface area contributed by atoms with Crippen molar-refractivity contribution < 1.29 is 27.1 Å². The van der Waals surface area contributed by atoms with Crippen LogP contribution < -0.4 is 9.64 Å². The number of anilines is 1. The SMILES string of the molecule is CN1CCN(CCOc2cc(F)c3c(c2)N(CC(F)(F)F)C(=O)C32CCCCC2)CC1. The molecule has 1 saturated carbocycles. The molecule has 1 amide bonds.